The Morgan fingerprint density at radius 2 is 1.65 bits per heavy atom. The zero-order valence-corrected chi connectivity index (χ0v) is 14.0. The molecule has 0 spiro atoms. The third-order valence-corrected chi connectivity index (χ3v) is 3.39. The van der Waals surface area contributed by atoms with E-state index in [9.17, 15) is 0 Å². The zero-order chi connectivity index (χ0) is 13.7. The fourth-order valence-electron chi connectivity index (χ4n) is 2.40. The quantitative estimate of drug-likeness (QED) is 0.878. The number of piperazine rings is 1. The van der Waals surface area contributed by atoms with Gasteiger partial charge in [-0.15, -0.1) is 17.0 Å². The van der Waals surface area contributed by atoms with Gasteiger partial charge in [-0.25, -0.2) is 0 Å². The third-order valence-electron chi connectivity index (χ3n) is 3.39. The van der Waals surface area contributed by atoms with Gasteiger partial charge < -0.3 is 19.5 Å². The number of ether oxygens (including phenoxy) is 3. The predicted octanol–water partition coefficient (Wildman–Crippen LogP) is 1.70. The van der Waals surface area contributed by atoms with Crippen LogP contribution >= 0.6 is 17.0 Å². The Hall–Kier alpha value is -0.980. The summed E-state index contributed by atoms with van der Waals surface area (Å²) in [6, 6.07) is 3.97. The van der Waals surface area contributed by atoms with Crippen molar-refractivity contribution in [2.45, 2.75) is 6.54 Å². The Morgan fingerprint density at radius 1 is 1.00 bits per heavy atom. The van der Waals surface area contributed by atoms with Crippen LogP contribution < -0.4 is 19.5 Å². The van der Waals surface area contributed by atoms with Crippen molar-refractivity contribution in [1.29, 1.82) is 0 Å². The second-order valence-electron chi connectivity index (χ2n) is 4.52. The summed E-state index contributed by atoms with van der Waals surface area (Å²) in [5.74, 6) is 2.13. The van der Waals surface area contributed by atoms with Crippen LogP contribution in [0.3, 0.4) is 0 Å². The Bertz CT molecular complexity index is 423. The first kappa shape index (κ1) is 17.1. The molecule has 1 saturated heterocycles. The maximum absolute atomic E-state index is 5.50. The molecule has 0 radical (unpaired) electrons. The van der Waals surface area contributed by atoms with E-state index in [0.29, 0.717) is 11.5 Å². The Balaban J connectivity index is 0.00000200. The number of hydrogen-bond donors (Lipinski definition) is 1. The fourth-order valence-corrected chi connectivity index (χ4v) is 2.40. The van der Waals surface area contributed by atoms with Gasteiger partial charge in [-0.3, -0.25) is 4.90 Å². The molecule has 0 aliphatic carbocycles. The van der Waals surface area contributed by atoms with E-state index >= 15 is 0 Å². The number of halogens is 1. The Morgan fingerprint density at radius 3 is 2.20 bits per heavy atom. The van der Waals surface area contributed by atoms with E-state index in [-0.39, 0.29) is 17.0 Å². The van der Waals surface area contributed by atoms with E-state index in [1.807, 2.05) is 12.1 Å². The minimum absolute atomic E-state index is 0. The van der Waals surface area contributed by atoms with Gasteiger partial charge in [-0.1, -0.05) is 6.07 Å². The van der Waals surface area contributed by atoms with Gasteiger partial charge >= 0.3 is 0 Å². The van der Waals surface area contributed by atoms with Crippen LogP contribution in [0.15, 0.2) is 12.1 Å². The van der Waals surface area contributed by atoms with Crippen molar-refractivity contribution in [2.75, 3.05) is 47.5 Å². The molecule has 0 aromatic heterocycles. The molecule has 6 heteroatoms. The van der Waals surface area contributed by atoms with Gasteiger partial charge in [0.25, 0.3) is 0 Å². The van der Waals surface area contributed by atoms with Gasteiger partial charge in [0.05, 0.1) is 21.3 Å². The third kappa shape index (κ3) is 3.77. The molecule has 1 aromatic carbocycles. The van der Waals surface area contributed by atoms with Crippen LogP contribution in [0.2, 0.25) is 0 Å². The van der Waals surface area contributed by atoms with Crippen LogP contribution in [0, 0.1) is 0 Å². The number of nitrogens with one attached hydrogen (secondary N) is 1. The molecular formula is C14H23BrN2O3. The highest BCUT2D eigenvalue weighted by atomic mass is 79.9. The van der Waals surface area contributed by atoms with Gasteiger partial charge in [-0.05, 0) is 6.07 Å². The standard InChI is InChI=1S/C14H22N2O3.BrH/c1-17-12-5-4-11(13(18-2)14(12)19-3)10-16-8-6-15-7-9-16;/h4-5,15H,6-10H2,1-3H3;1H. The molecule has 0 saturated carbocycles. The summed E-state index contributed by atoms with van der Waals surface area (Å²) in [7, 11) is 4.93. The lowest BCUT2D eigenvalue weighted by Gasteiger charge is -2.28. The normalized spacial score (nSPS) is 15.3. The number of benzene rings is 1. The van der Waals surface area contributed by atoms with Gasteiger partial charge in [0, 0.05) is 38.3 Å². The van der Waals surface area contributed by atoms with Crippen molar-refractivity contribution in [3.63, 3.8) is 0 Å². The minimum atomic E-state index is 0. The molecule has 1 aromatic rings. The maximum Gasteiger partial charge on any atom is 0.203 e. The molecule has 2 rings (SSSR count). The van der Waals surface area contributed by atoms with E-state index in [1.165, 1.54) is 0 Å². The smallest absolute Gasteiger partial charge is 0.203 e. The van der Waals surface area contributed by atoms with Gasteiger partial charge in [-0.2, -0.15) is 0 Å². The molecule has 0 bridgehead atoms. The van der Waals surface area contributed by atoms with E-state index in [4.69, 9.17) is 14.2 Å². The number of rotatable bonds is 5. The molecule has 0 atom stereocenters. The summed E-state index contributed by atoms with van der Waals surface area (Å²) >= 11 is 0. The lowest BCUT2D eigenvalue weighted by atomic mass is 10.1. The van der Waals surface area contributed by atoms with Crippen molar-refractivity contribution in [1.82, 2.24) is 10.2 Å². The molecule has 114 valence electrons. The lowest BCUT2D eigenvalue weighted by molar-refractivity contribution is 0.228. The average Bonchev–Trinajstić information content (AvgIpc) is 2.47. The van der Waals surface area contributed by atoms with Crippen LogP contribution in [0.4, 0.5) is 0 Å². The molecule has 1 N–H and O–H groups in total. The van der Waals surface area contributed by atoms with Crippen molar-refractivity contribution < 1.29 is 14.2 Å². The molecule has 1 heterocycles. The molecule has 5 nitrogen and oxygen atoms in total. The number of methoxy groups -OCH3 is 3. The second kappa shape index (κ2) is 8.34. The highest BCUT2D eigenvalue weighted by Crippen LogP contribution is 2.40. The van der Waals surface area contributed by atoms with E-state index in [1.54, 1.807) is 21.3 Å². The summed E-state index contributed by atoms with van der Waals surface area (Å²) in [5.41, 5.74) is 1.13. The summed E-state index contributed by atoms with van der Waals surface area (Å²) in [5, 5.41) is 3.35. The molecule has 0 unspecified atom stereocenters. The maximum atomic E-state index is 5.50. The van der Waals surface area contributed by atoms with E-state index < -0.39 is 0 Å². The summed E-state index contributed by atoms with van der Waals surface area (Å²) in [6.07, 6.45) is 0. The van der Waals surface area contributed by atoms with Crippen molar-refractivity contribution >= 4 is 17.0 Å². The SMILES string of the molecule is Br.COc1ccc(CN2CCNCC2)c(OC)c1OC. The molecule has 1 aliphatic rings. The largest absolute Gasteiger partial charge is 0.493 e. The van der Waals surface area contributed by atoms with Crippen LogP contribution in [0.25, 0.3) is 0 Å². The monoisotopic (exact) mass is 346 g/mol. The molecule has 20 heavy (non-hydrogen) atoms. The van der Waals surface area contributed by atoms with Crippen molar-refractivity contribution in [2.24, 2.45) is 0 Å². The second-order valence-corrected chi connectivity index (χ2v) is 4.52. The van der Waals surface area contributed by atoms with E-state index in [2.05, 4.69) is 10.2 Å². The first-order chi connectivity index (χ1) is 9.30. The predicted molar refractivity (Wildman–Crippen MR) is 84.6 cm³/mol. The summed E-state index contributed by atoms with van der Waals surface area (Å²) in [4.78, 5) is 2.40. The topological polar surface area (TPSA) is 43.0 Å². The molecule has 0 amide bonds. The summed E-state index contributed by atoms with van der Waals surface area (Å²) < 4.78 is 16.2. The average molecular weight is 347 g/mol. The van der Waals surface area contributed by atoms with Gasteiger partial charge in [0.15, 0.2) is 11.5 Å². The lowest BCUT2D eigenvalue weighted by Crippen LogP contribution is -2.42. The first-order valence-corrected chi connectivity index (χ1v) is 6.51. The van der Waals surface area contributed by atoms with Crippen LogP contribution in [-0.4, -0.2) is 52.4 Å². The van der Waals surface area contributed by atoms with E-state index in [0.717, 1.165) is 44.0 Å². The Kier molecular flexibility index (Phi) is 7.12. The highest BCUT2D eigenvalue weighted by molar-refractivity contribution is 8.93. The zero-order valence-electron chi connectivity index (χ0n) is 12.3. The highest BCUT2D eigenvalue weighted by Gasteiger charge is 2.18. The first-order valence-electron chi connectivity index (χ1n) is 6.51. The molecule has 1 fully saturated rings. The Labute approximate surface area is 131 Å². The fraction of sp³-hybridized carbons (Fsp3) is 0.571. The van der Waals surface area contributed by atoms with Crippen LogP contribution in [0.1, 0.15) is 5.56 Å². The van der Waals surface area contributed by atoms with Crippen molar-refractivity contribution in [3.8, 4) is 17.2 Å². The number of hydrogen-bond acceptors (Lipinski definition) is 5. The minimum Gasteiger partial charge on any atom is -0.493 e. The van der Waals surface area contributed by atoms with Crippen LogP contribution in [0.5, 0.6) is 17.2 Å². The molecule has 1 aliphatic heterocycles. The van der Waals surface area contributed by atoms with Gasteiger partial charge in [0.1, 0.15) is 0 Å². The molecular weight excluding hydrogens is 324 g/mol. The van der Waals surface area contributed by atoms with Crippen LogP contribution in [-0.2, 0) is 6.54 Å². The summed E-state index contributed by atoms with van der Waals surface area (Å²) in [6.45, 7) is 5.05. The number of nitrogens with zero attached hydrogens (tertiary/aromatic N) is 1. The van der Waals surface area contributed by atoms with Crippen molar-refractivity contribution in [3.05, 3.63) is 17.7 Å². The van der Waals surface area contributed by atoms with Gasteiger partial charge in [0.2, 0.25) is 5.75 Å².